The minimum atomic E-state index is -3.12. The number of hydrogen-bond donors (Lipinski definition) is 1. The number of aromatic nitrogens is 2. The molecule has 1 heterocycles. The summed E-state index contributed by atoms with van der Waals surface area (Å²) in [5.74, 6) is 0.909. The molecule has 1 N–H and O–H groups in total. The zero-order chi connectivity index (χ0) is 17.4. The predicted octanol–water partition coefficient (Wildman–Crippen LogP) is 3.65. The number of benzene rings is 1. The monoisotopic (exact) mass is 369 g/mol. The third-order valence-electron chi connectivity index (χ3n) is 3.95. The van der Waals surface area contributed by atoms with Gasteiger partial charge < -0.3 is 4.57 Å². The van der Waals surface area contributed by atoms with Crippen LogP contribution in [0.5, 0.6) is 0 Å². The fraction of sp³-hybridized carbons (Fsp3) is 0.588. The molecule has 1 aromatic heterocycles. The molecule has 2 aromatic rings. The van der Waals surface area contributed by atoms with Gasteiger partial charge in [-0.05, 0) is 32.0 Å². The van der Waals surface area contributed by atoms with Gasteiger partial charge in [-0.2, -0.15) is 0 Å². The first-order valence-corrected chi connectivity index (χ1v) is 11.2. The van der Waals surface area contributed by atoms with E-state index in [2.05, 4.69) is 22.3 Å². The third kappa shape index (κ3) is 5.50. The molecule has 1 aromatic carbocycles. The first kappa shape index (κ1) is 19.3. The van der Waals surface area contributed by atoms with Gasteiger partial charge in [-0.25, -0.2) is 18.1 Å². The van der Waals surface area contributed by atoms with Crippen molar-refractivity contribution in [3.63, 3.8) is 0 Å². The second kappa shape index (κ2) is 9.44. The summed E-state index contributed by atoms with van der Waals surface area (Å²) >= 11 is 1.65. The zero-order valence-electron chi connectivity index (χ0n) is 14.5. The SMILES string of the molecule is CCCCCCn1c(SCCCS(=O)(=O)NC)nc2ccccc21. The molecule has 5 nitrogen and oxygen atoms in total. The molecule has 0 saturated heterocycles. The highest BCUT2D eigenvalue weighted by Crippen LogP contribution is 2.25. The first-order chi connectivity index (χ1) is 11.6. The van der Waals surface area contributed by atoms with Gasteiger partial charge in [0.05, 0.1) is 16.8 Å². The number of thioether (sulfide) groups is 1. The molecule has 2 rings (SSSR count). The van der Waals surface area contributed by atoms with Crippen LogP contribution in [-0.2, 0) is 16.6 Å². The normalized spacial score (nSPS) is 12.1. The summed E-state index contributed by atoms with van der Waals surface area (Å²) in [6, 6.07) is 8.19. The standard InChI is InChI=1S/C17H27N3O2S2/c1-3-4-5-8-12-20-16-11-7-6-10-15(16)19-17(20)23-13-9-14-24(21,22)18-2/h6-7,10-11,18H,3-5,8-9,12-14H2,1-2H3. The molecule has 0 aliphatic rings. The Bertz CT molecular complexity index is 741. The summed E-state index contributed by atoms with van der Waals surface area (Å²) in [6.07, 6.45) is 5.49. The van der Waals surface area contributed by atoms with E-state index in [0.717, 1.165) is 29.4 Å². The molecular weight excluding hydrogens is 342 g/mol. The van der Waals surface area contributed by atoms with E-state index in [4.69, 9.17) is 4.98 Å². The maximum atomic E-state index is 11.5. The lowest BCUT2D eigenvalue weighted by Crippen LogP contribution is -2.22. The average Bonchev–Trinajstić information content (AvgIpc) is 2.93. The highest BCUT2D eigenvalue weighted by Gasteiger charge is 2.12. The molecule has 0 radical (unpaired) electrons. The molecule has 7 heteroatoms. The Morgan fingerprint density at radius 3 is 2.71 bits per heavy atom. The number of imidazole rings is 1. The van der Waals surface area contributed by atoms with Gasteiger partial charge >= 0.3 is 0 Å². The van der Waals surface area contributed by atoms with Crippen LogP contribution >= 0.6 is 11.8 Å². The summed E-state index contributed by atoms with van der Waals surface area (Å²) in [7, 11) is -1.66. The Morgan fingerprint density at radius 2 is 1.96 bits per heavy atom. The van der Waals surface area contributed by atoms with Crippen LogP contribution in [0.15, 0.2) is 29.4 Å². The van der Waals surface area contributed by atoms with Crippen LogP contribution in [-0.4, -0.2) is 36.5 Å². The van der Waals surface area contributed by atoms with Crippen molar-refractivity contribution < 1.29 is 8.42 Å². The van der Waals surface area contributed by atoms with E-state index >= 15 is 0 Å². The predicted molar refractivity (Wildman–Crippen MR) is 102 cm³/mol. The van der Waals surface area contributed by atoms with Crippen molar-refractivity contribution in [3.05, 3.63) is 24.3 Å². The first-order valence-electron chi connectivity index (χ1n) is 8.56. The second-order valence-corrected chi connectivity index (χ2v) is 8.93. The van der Waals surface area contributed by atoms with Crippen LogP contribution in [0.4, 0.5) is 0 Å². The molecule has 0 aliphatic heterocycles. The highest BCUT2D eigenvalue weighted by atomic mass is 32.2. The van der Waals surface area contributed by atoms with Crippen LogP contribution in [0.2, 0.25) is 0 Å². The Kier molecular flexibility index (Phi) is 7.58. The number of fused-ring (bicyclic) bond motifs is 1. The van der Waals surface area contributed by atoms with Gasteiger partial charge in [0, 0.05) is 12.3 Å². The molecule has 0 atom stereocenters. The molecule has 0 fully saturated rings. The highest BCUT2D eigenvalue weighted by molar-refractivity contribution is 7.99. The fourth-order valence-corrected chi connectivity index (χ4v) is 4.48. The number of unbranched alkanes of at least 4 members (excludes halogenated alkanes) is 3. The Labute approximate surface area is 149 Å². The number of nitrogens with one attached hydrogen (secondary N) is 1. The maximum absolute atomic E-state index is 11.5. The van der Waals surface area contributed by atoms with Crippen LogP contribution in [0.1, 0.15) is 39.0 Å². The molecule has 0 bridgehead atoms. The van der Waals surface area contributed by atoms with E-state index < -0.39 is 10.0 Å². The van der Waals surface area contributed by atoms with Crippen LogP contribution in [0.3, 0.4) is 0 Å². The van der Waals surface area contributed by atoms with Crippen molar-refractivity contribution >= 4 is 32.8 Å². The quantitative estimate of drug-likeness (QED) is 0.485. The van der Waals surface area contributed by atoms with Gasteiger partial charge in [0.2, 0.25) is 10.0 Å². The van der Waals surface area contributed by atoms with Gasteiger partial charge in [0.25, 0.3) is 0 Å². The number of hydrogen-bond acceptors (Lipinski definition) is 4. The van der Waals surface area contributed by atoms with Crippen molar-refractivity contribution in [3.8, 4) is 0 Å². The van der Waals surface area contributed by atoms with Gasteiger partial charge in [-0.3, -0.25) is 0 Å². The van der Waals surface area contributed by atoms with Crippen molar-refractivity contribution in [2.45, 2.75) is 50.7 Å². The summed E-state index contributed by atoms with van der Waals surface area (Å²) < 4.78 is 27.6. The molecule has 0 spiro atoms. The average molecular weight is 370 g/mol. The maximum Gasteiger partial charge on any atom is 0.211 e. The van der Waals surface area contributed by atoms with Gasteiger partial charge in [-0.15, -0.1) is 0 Å². The number of aryl methyl sites for hydroxylation is 1. The van der Waals surface area contributed by atoms with E-state index in [1.54, 1.807) is 11.8 Å². The lowest BCUT2D eigenvalue weighted by molar-refractivity contribution is 0.563. The van der Waals surface area contributed by atoms with Crippen LogP contribution in [0.25, 0.3) is 11.0 Å². The van der Waals surface area contributed by atoms with Crippen LogP contribution < -0.4 is 4.72 Å². The summed E-state index contributed by atoms with van der Waals surface area (Å²) in [4.78, 5) is 4.73. The molecule has 24 heavy (non-hydrogen) atoms. The Balaban J connectivity index is 2.02. The molecule has 0 aliphatic carbocycles. The Hall–Kier alpha value is -1.05. The number of nitrogens with zero attached hydrogens (tertiary/aromatic N) is 2. The van der Waals surface area contributed by atoms with Crippen molar-refractivity contribution in [2.24, 2.45) is 0 Å². The van der Waals surface area contributed by atoms with Gasteiger partial charge in [0.1, 0.15) is 0 Å². The van der Waals surface area contributed by atoms with E-state index in [1.807, 2.05) is 18.2 Å². The number of sulfonamides is 1. The Morgan fingerprint density at radius 1 is 1.17 bits per heavy atom. The summed E-state index contributed by atoms with van der Waals surface area (Å²) in [5, 5.41) is 0.995. The molecular formula is C17H27N3O2S2. The van der Waals surface area contributed by atoms with Crippen molar-refractivity contribution in [1.82, 2.24) is 14.3 Å². The largest absolute Gasteiger partial charge is 0.319 e. The summed E-state index contributed by atoms with van der Waals surface area (Å²) in [5.41, 5.74) is 2.18. The minimum Gasteiger partial charge on any atom is -0.319 e. The number of rotatable bonds is 11. The van der Waals surface area contributed by atoms with E-state index in [1.165, 1.54) is 31.8 Å². The van der Waals surface area contributed by atoms with Gasteiger partial charge in [-0.1, -0.05) is 50.1 Å². The molecule has 0 unspecified atom stereocenters. The van der Waals surface area contributed by atoms with E-state index in [9.17, 15) is 8.42 Å². The van der Waals surface area contributed by atoms with Crippen LogP contribution in [0, 0.1) is 0 Å². The number of para-hydroxylation sites is 2. The molecule has 134 valence electrons. The summed E-state index contributed by atoms with van der Waals surface area (Å²) in [6.45, 7) is 3.19. The smallest absolute Gasteiger partial charge is 0.211 e. The van der Waals surface area contributed by atoms with Crippen molar-refractivity contribution in [1.29, 1.82) is 0 Å². The third-order valence-corrected chi connectivity index (χ3v) is 6.47. The minimum absolute atomic E-state index is 0.160. The fourth-order valence-electron chi connectivity index (χ4n) is 2.59. The second-order valence-electron chi connectivity index (χ2n) is 5.82. The molecule has 0 saturated carbocycles. The lowest BCUT2D eigenvalue weighted by atomic mass is 10.2. The van der Waals surface area contributed by atoms with E-state index in [0.29, 0.717) is 6.42 Å². The lowest BCUT2D eigenvalue weighted by Gasteiger charge is -2.09. The van der Waals surface area contributed by atoms with Crippen molar-refractivity contribution in [2.75, 3.05) is 18.6 Å². The topological polar surface area (TPSA) is 64.0 Å². The zero-order valence-corrected chi connectivity index (χ0v) is 16.1. The molecule has 0 amide bonds. The van der Waals surface area contributed by atoms with E-state index in [-0.39, 0.29) is 5.75 Å². The van der Waals surface area contributed by atoms with Gasteiger partial charge in [0.15, 0.2) is 5.16 Å².